The molecule has 0 aromatic rings. The highest BCUT2D eigenvalue weighted by Gasteiger charge is 2.41. The number of carboxylic acids is 1. The molecule has 1 unspecified atom stereocenters. The van der Waals surface area contributed by atoms with Crippen LogP contribution in [-0.4, -0.2) is 11.8 Å². The van der Waals surface area contributed by atoms with Crippen molar-refractivity contribution in [3.05, 3.63) is 0 Å². The van der Waals surface area contributed by atoms with E-state index in [4.69, 9.17) is 0 Å². The van der Waals surface area contributed by atoms with Gasteiger partial charge >= 0.3 is 0 Å². The van der Waals surface area contributed by atoms with Gasteiger partial charge in [0.2, 0.25) is 0 Å². The number of carbonyl (C=O) groups is 2. The van der Waals surface area contributed by atoms with Crippen molar-refractivity contribution in [2.45, 2.75) is 32.6 Å². The van der Waals surface area contributed by atoms with Crippen LogP contribution in [0.5, 0.6) is 0 Å². The van der Waals surface area contributed by atoms with Crippen LogP contribution in [0.15, 0.2) is 0 Å². The summed E-state index contributed by atoms with van der Waals surface area (Å²) in [4.78, 5) is 21.8. The first-order valence-corrected chi connectivity index (χ1v) is 3.88. The summed E-state index contributed by atoms with van der Waals surface area (Å²) in [6.07, 6.45) is 1.93. The van der Waals surface area contributed by atoms with Crippen molar-refractivity contribution in [2.75, 3.05) is 0 Å². The summed E-state index contributed by atoms with van der Waals surface area (Å²) in [7, 11) is 0. The van der Waals surface area contributed by atoms with E-state index in [1.807, 2.05) is 0 Å². The zero-order chi connectivity index (χ0) is 8.48. The number of rotatable bonds is 2. The minimum atomic E-state index is -1.19. The normalized spacial score (nSPS) is 30.8. The molecule has 1 fully saturated rings. The van der Waals surface area contributed by atoms with E-state index in [2.05, 4.69) is 0 Å². The summed E-state index contributed by atoms with van der Waals surface area (Å²) in [5.41, 5.74) is -1.14. The van der Waals surface area contributed by atoms with Gasteiger partial charge in [-0.05, 0) is 19.3 Å². The molecule has 0 bridgehead atoms. The molecular weight excluding hydrogens is 144 g/mol. The first-order valence-electron chi connectivity index (χ1n) is 3.88. The second kappa shape index (κ2) is 2.64. The van der Waals surface area contributed by atoms with Crippen LogP contribution >= 0.6 is 0 Å². The smallest absolute Gasteiger partial charge is 0.144 e. The van der Waals surface area contributed by atoms with E-state index >= 15 is 0 Å². The summed E-state index contributed by atoms with van der Waals surface area (Å²) in [6.45, 7) is 1.72. The van der Waals surface area contributed by atoms with Gasteiger partial charge in [0.1, 0.15) is 5.78 Å². The van der Waals surface area contributed by atoms with Gasteiger partial charge < -0.3 is 9.90 Å². The molecule has 0 aromatic carbocycles. The fourth-order valence-corrected chi connectivity index (χ4v) is 1.66. The molecule has 11 heavy (non-hydrogen) atoms. The Balaban J connectivity index is 2.91. The van der Waals surface area contributed by atoms with Crippen molar-refractivity contribution in [1.29, 1.82) is 0 Å². The van der Waals surface area contributed by atoms with Gasteiger partial charge in [-0.25, -0.2) is 0 Å². The first-order chi connectivity index (χ1) is 5.13. The fourth-order valence-electron chi connectivity index (χ4n) is 1.66. The molecule has 0 N–H and O–H groups in total. The van der Waals surface area contributed by atoms with Crippen molar-refractivity contribution in [1.82, 2.24) is 0 Å². The minimum Gasteiger partial charge on any atom is -0.549 e. The summed E-state index contributed by atoms with van der Waals surface area (Å²) >= 11 is 0. The second-order valence-electron chi connectivity index (χ2n) is 3.00. The average molecular weight is 155 g/mol. The molecule has 0 aliphatic heterocycles. The zero-order valence-electron chi connectivity index (χ0n) is 6.55. The summed E-state index contributed by atoms with van der Waals surface area (Å²) in [5, 5.41) is 10.6. The third-order valence-corrected chi connectivity index (χ3v) is 2.54. The zero-order valence-corrected chi connectivity index (χ0v) is 6.55. The van der Waals surface area contributed by atoms with E-state index in [-0.39, 0.29) is 5.78 Å². The van der Waals surface area contributed by atoms with Gasteiger partial charge in [-0.2, -0.15) is 0 Å². The number of carbonyl (C=O) groups excluding carboxylic acids is 2. The van der Waals surface area contributed by atoms with Crippen molar-refractivity contribution in [3.63, 3.8) is 0 Å². The number of aliphatic carboxylic acids is 1. The van der Waals surface area contributed by atoms with Crippen LogP contribution in [0, 0.1) is 5.41 Å². The Labute approximate surface area is 65.4 Å². The molecule has 0 saturated heterocycles. The van der Waals surface area contributed by atoms with Crippen LogP contribution in [0.25, 0.3) is 0 Å². The van der Waals surface area contributed by atoms with Crippen molar-refractivity contribution < 1.29 is 14.7 Å². The highest BCUT2D eigenvalue weighted by atomic mass is 16.4. The molecule has 1 saturated carbocycles. The Bertz CT molecular complexity index is 198. The van der Waals surface area contributed by atoms with Gasteiger partial charge in [-0.3, -0.25) is 4.79 Å². The molecule has 62 valence electrons. The molecule has 0 aromatic heterocycles. The van der Waals surface area contributed by atoms with Crippen LogP contribution in [0.4, 0.5) is 0 Å². The molecule has 0 amide bonds. The maximum atomic E-state index is 11.1. The Hall–Kier alpha value is -0.860. The van der Waals surface area contributed by atoms with Crippen LogP contribution < -0.4 is 5.11 Å². The van der Waals surface area contributed by atoms with E-state index in [0.717, 1.165) is 0 Å². The molecule has 3 nitrogen and oxygen atoms in total. The maximum absolute atomic E-state index is 11.1. The summed E-state index contributed by atoms with van der Waals surface area (Å²) < 4.78 is 0. The highest BCUT2D eigenvalue weighted by molar-refractivity contribution is 6.03. The standard InChI is InChI=1S/C8H12O3/c1-2-8(7(10)11)5-3-4-6(8)9/h2-5H2,1H3,(H,10,11)/p-1. The van der Waals surface area contributed by atoms with E-state index in [9.17, 15) is 14.7 Å². The van der Waals surface area contributed by atoms with Crippen molar-refractivity contribution >= 4 is 11.8 Å². The Morgan fingerprint density at radius 3 is 2.55 bits per heavy atom. The maximum Gasteiger partial charge on any atom is 0.144 e. The predicted molar refractivity (Wildman–Crippen MR) is 36.6 cm³/mol. The SMILES string of the molecule is CCC1(C(=O)[O-])CCCC1=O. The lowest BCUT2D eigenvalue weighted by atomic mass is 9.83. The Morgan fingerprint density at radius 2 is 2.36 bits per heavy atom. The highest BCUT2D eigenvalue weighted by Crippen LogP contribution is 2.37. The molecule has 1 atom stereocenters. The number of carboxylic acid groups (broad SMARTS) is 1. The van der Waals surface area contributed by atoms with Crippen LogP contribution in [0.2, 0.25) is 0 Å². The van der Waals surface area contributed by atoms with Gasteiger partial charge in [0.15, 0.2) is 0 Å². The van der Waals surface area contributed by atoms with E-state index in [1.165, 1.54) is 0 Å². The van der Waals surface area contributed by atoms with Crippen molar-refractivity contribution in [2.24, 2.45) is 5.41 Å². The van der Waals surface area contributed by atoms with Gasteiger partial charge in [0.25, 0.3) is 0 Å². The third-order valence-electron chi connectivity index (χ3n) is 2.54. The van der Waals surface area contributed by atoms with Gasteiger partial charge in [-0.1, -0.05) is 6.92 Å². The average Bonchev–Trinajstić information content (AvgIpc) is 2.32. The van der Waals surface area contributed by atoms with Crippen LogP contribution in [-0.2, 0) is 9.59 Å². The largest absolute Gasteiger partial charge is 0.549 e. The van der Waals surface area contributed by atoms with Gasteiger partial charge in [-0.15, -0.1) is 0 Å². The van der Waals surface area contributed by atoms with Crippen LogP contribution in [0.1, 0.15) is 32.6 Å². The lowest BCUT2D eigenvalue weighted by Crippen LogP contribution is -2.44. The van der Waals surface area contributed by atoms with E-state index in [0.29, 0.717) is 25.7 Å². The van der Waals surface area contributed by atoms with E-state index < -0.39 is 11.4 Å². The Morgan fingerprint density at radius 1 is 1.73 bits per heavy atom. The molecule has 0 radical (unpaired) electrons. The topological polar surface area (TPSA) is 57.2 Å². The molecule has 0 heterocycles. The Kier molecular flexibility index (Phi) is 1.98. The van der Waals surface area contributed by atoms with Gasteiger partial charge in [0, 0.05) is 6.42 Å². The molecule has 3 heteroatoms. The third kappa shape index (κ3) is 1.04. The minimum absolute atomic E-state index is 0.153. The van der Waals surface area contributed by atoms with Crippen LogP contribution in [0.3, 0.4) is 0 Å². The lowest BCUT2D eigenvalue weighted by Gasteiger charge is -2.26. The molecular formula is C8H11O3-. The monoisotopic (exact) mass is 155 g/mol. The molecule has 1 rings (SSSR count). The fraction of sp³-hybridized carbons (Fsp3) is 0.750. The predicted octanol–water partition coefficient (Wildman–Crippen LogP) is -0.114. The summed E-state index contributed by atoms with van der Waals surface area (Å²) in [6, 6.07) is 0. The lowest BCUT2D eigenvalue weighted by molar-refractivity contribution is -0.316. The molecule has 0 spiro atoms. The molecule has 1 aliphatic rings. The quantitative estimate of drug-likeness (QED) is 0.522. The number of hydrogen-bond donors (Lipinski definition) is 0. The number of ketones is 1. The number of hydrogen-bond acceptors (Lipinski definition) is 3. The van der Waals surface area contributed by atoms with E-state index in [1.54, 1.807) is 6.92 Å². The number of Topliss-reactive ketones (excluding diaryl/α,β-unsaturated/α-hetero) is 1. The second-order valence-corrected chi connectivity index (χ2v) is 3.00. The molecule has 1 aliphatic carbocycles. The first kappa shape index (κ1) is 8.24. The van der Waals surface area contributed by atoms with Gasteiger partial charge in [0.05, 0.1) is 11.4 Å². The summed E-state index contributed by atoms with van der Waals surface area (Å²) in [5.74, 6) is -1.34. The van der Waals surface area contributed by atoms with Crippen molar-refractivity contribution in [3.8, 4) is 0 Å².